The Morgan fingerprint density at radius 3 is 2.14 bits per heavy atom. The number of esters is 2. The summed E-state index contributed by atoms with van der Waals surface area (Å²) in [7, 11) is 0. The standard InChI is InChI=1S/C16H22O5/c1-2-19-12-13-21-16(18)9-8-15(17)20-11-10-14-6-4-3-5-7-14/h3-7H,2,8-13H2,1H3. The van der Waals surface area contributed by atoms with Gasteiger partial charge in [-0.2, -0.15) is 0 Å². The number of ether oxygens (including phenoxy) is 3. The van der Waals surface area contributed by atoms with E-state index in [-0.39, 0.29) is 25.4 Å². The number of hydrogen-bond acceptors (Lipinski definition) is 5. The average Bonchev–Trinajstić information content (AvgIpc) is 2.50. The summed E-state index contributed by atoms with van der Waals surface area (Å²) in [6, 6.07) is 9.77. The molecule has 0 amide bonds. The quantitative estimate of drug-likeness (QED) is 0.488. The van der Waals surface area contributed by atoms with Crippen LogP contribution in [0.2, 0.25) is 0 Å². The first-order chi connectivity index (χ1) is 10.2. The highest BCUT2D eigenvalue weighted by atomic mass is 16.6. The van der Waals surface area contributed by atoms with Gasteiger partial charge in [-0.05, 0) is 12.5 Å². The molecule has 1 rings (SSSR count). The highest BCUT2D eigenvalue weighted by Crippen LogP contribution is 2.01. The molecule has 0 aliphatic heterocycles. The summed E-state index contributed by atoms with van der Waals surface area (Å²) in [6.07, 6.45) is 0.754. The summed E-state index contributed by atoms with van der Waals surface area (Å²) < 4.78 is 15.0. The monoisotopic (exact) mass is 294 g/mol. The van der Waals surface area contributed by atoms with E-state index in [0.29, 0.717) is 26.2 Å². The minimum atomic E-state index is -0.408. The molecule has 0 aliphatic carbocycles. The van der Waals surface area contributed by atoms with Crippen LogP contribution >= 0.6 is 0 Å². The van der Waals surface area contributed by atoms with Gasteiger partial charge in [-0.1, -0.05) is 30.3 Å². The summed E-state index contributed by atoms with van der Waals surface area (Å²) in [5.74, 6) is -0.789. The first-order valence-electron chi connectivity index (χ1n) is 7.15. The SMILES string of the molecule is CCOCCOC(=O)CCC(=O)OCCc1ccccc1. The Balaban J connectivity index is 2.04. The first kappa shape index (κ1) is 17.2. The Morgan fingerprint density at radius 2 is 1.52 bits per heavy atom. The zero-order chi connectivity index (χ0) is 15.3. The Labute approximate surface area is 125 Å². The zero-order valence-electron chi connectivity index (χ0n) is 12.4. The van der Waals surface area contributed by atoms with Crippen molar-refractivity contribution in [3.05, 3.63) is 35.9 Å². The normalized spacial score (nSPS) is 10.1. The molecule has 1 aromatic rings. The van der Waals surface area contributed by atoms with Crippen LogP contribution in [0.5, 0.6) is 0 Å². The lowest BCUT2D eigenvalue weighted by atomic mass is 10.2. The summed E-state index contributed by atoms with van der Waals surface area (Å²) in [6.45, 7) is 3.38. The summed E-state index contributed by atoms with van der Waals surface area (Å²) in [5, 5.41) is 0. The van der Waals surface area contributed by atoms with Crippen LogP contribution in [0.1, 0.15) is 25.3 Å². The van der Waals surface area contributed by atoms with E-state index in [1.165, 1.54) is 0 Å². The zero-order valence-corrected chi connectivity index (χ0v) is 12.4. The van der Waals surface area contributed by atoms with Gasteiger partial charge in [0.25, 0.3) is 0 Å². The molecule has 0 atom stereocenters. The highest BCUT2D eigenvalue weighted by molar-refractivity contribution is 5.77. The highest BCUT2D eigenvalue weighted by Gasteiger charge is 2.09. The van der Waals surface area contributed by atoms with E-state index in [2.05, 4.69) is 0 Å². The van der Waals surface area contributed by atoms with Gasteiger partial charge < -0.3 is 14.2 Å². The molecule has 5 heteroatoms. The fraction of sp³-hybridized carbons (Fsp3) is 0.500. The molecular weight excluding hydrogens is 272 g/mol. The van der Waals surface area contributed by atoms with Gasteiger partial charge in [0.05, 0.1) is 26.1 Å². The summed E-state index contributed by atoms with van der Waals surface area (Å²) in [5.41, 5.74) is 1.11. The maximum absolute atomic E-state index is 11.5. The molecule has 0 radical (unpaired) electrons. The third-order valence-electron chi connectivity index (χ3n) is 2.72. The largest absolute Gasteiger partial charge is 0.465 e. The Kier molecular flexibility index (Phi) is 8.88. The number of carbonyl (C=O) groups excluding carboxylic acids is 2. The predicted molar refractivity (Wildman–Crippen MR) is 77.8 cm³/mol. The van der Waals surface area contributed by atoms with Crippen LogP contribution in [0, 0.1) is 0 Å². The molecule has 0 unspecified atom stereocenters. The molecule has 0 spiro atoms. The average molecular weight is 294 g/mol. The molecule has 0 bridgehead atoms. The minimum Gasteiger partial charge on any atom is -0.465 e. The first-order valence-corrected chi connectivity index (χ1v) is 7.15. The molecule has 0 aromatic heterocycles. The molecule has 21 heavy (non-hydrogen) atoms. The lowest BCUT2D eigenvalue weighted by Crippen LogP contribution is -2.14. The van der Waals surface area contributed by atoms with E-state index in [4.69, 9.17) is 14.2 Å². The van der Waals surface area contributed by atoms with Crippen molar-refractivity contribution >= 4 is 11.9 Å². The van der Waals surface area contributed by atoms with Gasteiger partial charge in [0.15, 0.2) is 0 Å². The van der Waals surface area contributed by atoms with E-state index in [1.807, 2.05) is 37.3 Å². The van der Waals surface area contributed by atoms with Crippen LogP contribution in [0.3, 0.4) is 0 Å². The van der Waals surface area contributed by atoms with Gasteiger partial charge in [0.2, 0.25) is 0 Å². The van der Waals surface area contributed by atoms with Crippen molar-refractivity contribution in [2.45, 2.75) is 26.2 Å². The summed E-state index contributed by atoms with van der Waals surface area (Å²) >= 11 is 0. The molecule has 1 aromatic carbocycles. The smallest absolute Gasteiger partial charge is 0.306 e. The molecule has 116 valence electrons. The van der Waals surface area contributed by atoms with Crippen LogP contribution in [-0.2, 0) is 30.2 Å². The molecule has 0 heterocycles. The number of rotatable bonds is 10. The van der Waals surface area contributed by atoms with E-state index < -0.39 is 5.97 Å². The third kappa shape index (κ3) is 8.81. The number of hydrogen-bond donors (Lipinski definition) is 0. The molecule has 0 aliphatic rings. The van der Waals surface area contributed by atoms with Gasteiger partial charge in [-0.15, -0.1) is 0 Å². The molecule has 5 nitrogen and oxygen atoms in total. The molecule has 0 fully saturated rings. The van der Waals surface area contributed by atoms with E-state index in [1.54, 1.807) is 0 Å². The van der Waals surface area contributed by atoms with Gasteiger partial charge in [-0.3, -0.25) is 9.59 Å². The van der Waals surface area contributed by atoms with E-state index in [9.17, 15) is 9.59 Å². The maximum Gasteiger partial charge on any atom is 0.306 e. The van der Waals surface area contributed by atoms with E-state index in [0.717, 1.165) is 5.56 Å². The Morgan fingerprint density at radius 1 is 0.905 bits per heavy atom. The van der Waals surface area contributed by atoms with Crippen molar-refractivity contribution < 1.29 is 23.8 Å². The van der Waals surface area contributed by atoms with Crippen LogP contribution in [0.25, 0.3) is 0 Å². The maximum atomic E-state index is 11.5. The predicted octanol–water partition coefficient (Wildman–Crippen LogP) is 2.13. The van der Waals surface area contributed by atoms with Crippen LogP contribution in [0.15, 0.2) is 30.3 Å². The third-order valence-corrected chi connectivity index (χ3v) is 2.72. The second kappa shape index (κ2) is 10.9. The van der Waals surface area contributed by atoms with Crippen LogP contribution in [0.4, 0.5) is 0 Å². The second-order valence-electron chi connectivity index (χ2n) is 4.37. The minimum absolute atomic E-state index is 0.0380. The molecule has 0 saturated carbocycles. The van der Waals surface area contributed by atoms with Gasteiger partial charge in [0, 0.05) is 13.0 Å². The van der Waals surface area contributed by atoms with Crippen molar-refractivity contribution in [2.75, 3.05) is 26.4 Å². The lowest BCUT2D eigenvalue weighted by Gasteiger charge is -2.06. The lowest BCUT2D eigenvalue weighted by molar-refractivity contribution is -0.151. The number of benzene rings is 1. The van der Waals surface area contributed by atoms with Crippen molar-refractivity contribution in [1.82, 2.24) is 0 Å². The molecule has 0 N–H and O–H groups in total. The Bertz CT molecular complexity index is 416. The fourth-order valence-corrected chi connectivity index (χ4v) is 1.63. The van der Waals surface area contributed by atoms with Crippen LogP contribution < -0.4 is 0 Å². The van der Waals surface area contributed by atoms with Crippen molar-refractivity contribution in [1.29, 1.82) is 0 Å². The van der Waals surface area contributed by atoms with Gasteiger partial charge in [-0.25, -0.2) is 0 Å². The fourth-order valence-electron chi connectivity index (χ4n) is 1.63. The second-order valence-corrected chi connectivity index (χ2v) is 4.37. The van der Waals surface area contributed by atoms with Crippen LogP contribution in [-0.4, -0.2) is 38.4 Å². The summed E-state index contributed by atoms with van der Waals surface area (Å²) in [4.78, 5) is 22.8. The topological polar surface area (TPSA) is 61.8 Å². The Hall–Kier alpha value is -1.88. The van der Waals surface area contributed by atoms with Crippen molar-refractivity contribution in [2.24, 2.45) is 0 Å². The number of carbonyl (C=O) groups is 2. The van der Waals surface area contributed by atoms with Gasteiger partial charge in [0.1, 0.15) is 6.61 Å². The van der Waals surface area contributed by atoms with Crippen molar-refractivity contribution in [3.63, 3.8) is 0 Å². The van der Waals surface area contributed by atoms with Gasteiger partial charge >= 0.3 is 11.9 Å². The molecule has 0 saturated heterocycles. The molecular formula is C16H22O5. The van der Waals surface area contributed by atoms with E-state index >= 15 is 0 Å². The van der Waals surface area contributed by atoms with Crippen molar-refractivity contribution in [3.8, 4) is 0 Å².